The molecule has 0 heterocycles. The van der Waals surface area contributed by atoms with Gasteiger partial charge in [0.1, 0.15) is 17.3 Å². The first kappa shape index (κ1) is 19.7. The summed E-state index contributed by atoms with van der Waals surface area (Å²) in [4.78, 5) is 2.16. The van der Waals surface area contributed by atoms with Crippen LogP contribution in [0.4, 0.5) is 4.39 Å². The summed E-state index contributed by atoms with van der Waals surface area (Å²) < 4.78 is 19.7. The van der Waals surface area contributed by atoms with Crippen molar-refractivity contribution in [1.29, 1.82) is 0 Å². The Bertz CT molecular complexity index is 706. The fourth-order valence-electron chi connectivity index (χ4n) is 2.77. The van der Waals surface area contributed by atoms with E-state index in [-0.39, 0.29) is 5.82 Å². The number of nitrogens with one attached hydrogen (secondary N) is 1. The molecule has 2 aromatic carbocycles. The molecule has 2 rings (SSSR count). The zero-order valence-corrected chi connectivity index (χ0v) is 16.0. The van der Waals surface area contributed by atoms with Gasteiger partial charge in [-0.15, -0.1) is 0 Å². The molecule has 0 spiro atoms. The number of halogens is 2. The third-order valence-corrected chi connectivity index (χ3v) is 4.10. The lowest BCUT2D eigenvalue weighted by Gasteiger charge is -2.18. The second-order valence-corrected chi connectivity index (χ2v) is 7.20. The van der Waals surface area contributed by atoms with E-state index in [9.17, 15) is 4.39 Å². The van der Waals surface area contributed by atoms with Crippen LogP contribution in [0.5, 0.6) is 11.5 Å². The highest BCUT2D eigenvalue weighted by molar-refractivity contribution is 6.30. The topological polar surface area (TPSA) is 24.5 Å². The van der Waals surface area contributed by atoms with E-state index in [2.05, 4.69) is 31.2 Å². The smallest absolute Gasteiger partial charge is 0.132 e. The molecule has 0 aliphatic rings. The highest BCUT2D eigenvalue weighted by Gasteiger charge is 2.10. The molecule has 0 radical (unpaired) electrons. The largest absolute Gasteiger partial charge is 0.457 e. The predicted octanol–water partition coefficient (Wildman–Crippen LogP) is 4.87. The molecule has 0 bridgehead atoms. The van der Waals surface area contributed by atoms with Crippen molar-refractivity contribution in [1.82, 2.24) is 10.2 Å². The molecule has 2 aromatic rings. The van der Waals surface area contributed by atoms with Crippen molar-refractivity contribution in [2.24, 2.45) is 5.92 Å². The Morgan fingerprint density at radius 2 is 1.88 bits per heavy atom. The Kier molecular flexibility index (Phi) is 7.24. The molecule has 5 heteroatoms. The van der Waals surface area contributed by atoms with E-state index in [4.69, 9.17) is 16.3 Å². The van der Waals surface area contributed by atoms with Crippen LogP contribution in [-0.4, -0.2) is 32.1 Å². The Morgan fingerprint density at radius 1 is 1.16 bits per heavy atom. The first-order valence-corrected chi connectivity index (χ1v) is 8.81. The molecule has 0 aliphatic heterocycles. The maximum absolute atomic E-state index is 13.7. The number of ether oxygens (including phenoxy) is 1. The zero-order valence-electron chi connectivity index (χ0n) is 15.3. The van der Waals surface area contributed by atoms with Crippen LogP contribution in [-0.2, 0) is 6.54 Å². The third-order valence-electron chi connectivity index (χ3n) is 3.86. The standard InChI is InChI=1S/C20H26ClFN2O/c1-14(13-24(3)4)11-23-12-16-10-18(22)6-8-20(16)25-19-7-5-17(21)9-15(19)2/h5-10,14,23H,11-13H2,1-4H3. The maximum Gasteiger partial charge on any atom is 0.132 e. The van der Waals surface area contributed by atoms with E-state index in [1.54, 1.807) is 12.1 Å². The summed E-state index contributed by atoms with van der Waals surface area (Å²) >= 11 is 5.99. The molecule has 0 fully saturated rings. The van der Waals surface area contributed by atoms with Crippen molar-refractivity contribution in [3.63, 3.8) is 0 Å². The van der Waals surface area contributed by atoms with Gasteiger partial charge < -0.3 is 15.0 Å². The molecular weight excluding hydrogens is 339 g/mol. The van der Waals surface area contributed by atoms with Crippen molar-refractivity contribution >= 4 is 11.6 Å². The van der Waals surface area contributed by atoms with Crippen molar-refractivity contribution in [2.75, 3.05) is 27.2 Å². The molecule has 0 saturated heterocycles. The average molecular weight is 365 g/mol. The second kappa shape index (κ2) is 9.18. The van der Waals surface area contributed by atoms with Gasteiger partial charge >= 0.3 is 0 Å². The Balaban J connectivity index is 2.06. The molecule has 3 nitrogen and oxygen atoms in total. The SMILES string of the molecule is Cc1cc(Cl)ccc1Oc1ccc(F)cc1CNCC(C)CN(C)C. The normalized spacial score (nSPS) is 12.4. The summed E-state index contributed by atoms with van der Waals surface area (Å²) in [6.45, 7) is 6.54. The minimum atomic E-state index is -0.265. The number of hydrogen-bond acceptors (Lipinski definition) is 3. The minimum absolute atomic E-state index is 0.265. The van der Waals surface area contributed by atoms with E-state index in [1.165, 1.54) is 12.1 Å². The van der Waals surface area contributed by atoms with Crippen LogP contribution in [0.15, 0.2) is 36.4 Å². The minimum Gasteiger partial charge on any atom is -0.457 e. The van der Waals surface area contributed by atoms with Crippen LogP contribution in [0.25, 0.3) is 0 Å². The lowest BCUT2D eigenvalue weighted by Crippen LogP contribution is -2.28. The van der Waals surface area contributed by atoms with Gasteiger partial charge in [0, 0.05) is 23.7 Å². The molecular formula is C20H26ClFN2O. The lowest BCUT2D eigenvalue weighted by atomic mass is 10.1. The van der Waals surface area contributed by atoms with Crippen molar-refractivity contribution in [2.45, 2.75) is 20.4 Å². The summed E-state index contributed by atoms with van der Waals surface area (Å²) in [5.74, 6) is 1.61. The van der Waals surface area contributed by atoms with Crippen molar-refractivity contribution < 1.29 is 9.13 Å². The summed E-state index contributed by atoms with van der Waals surface area (Å²) in [5, 5.41) is 4.06. The Hall–Kier alpha value is -1.62. The maximum atomic E-state index is 13.7. The summed E-state index contributed by atoms with van der Waals surface area (Å²) in [7, 11) is 4.12. The highest BCUT2D eigenvalue weighted by Crippen LogP contribution is 2.30. The number of aryl methyl sites for hydroxylation is 1. The fourth-order valence-corrected chi connectivity index (χ4v) is 3.00. The van der Waals surface area contributed by atoms with Gasteiger partial charge in [-0.25, -0.2) is 4.39 Å². The van der Waals surface area contributed by atoms with Gasteiger partial charge in [-0.2, -0.15) is 0 Å². The fraction of sp³-hybridized carbons (Fsp3) is 0.400. The second-order valence-electron chi connectivity index (χ2n) is 6.76. The van der Waals surface area contributed by atoms with Crippen LogP contribution in [0, 0.1) is 18.7 Å². The van der Waals surface area contributed by atoms with Gasteiger partial charge in [0.05, 0.1) is 0 Å². The number of benzene rings is 2. The van der Waals surface area contributed by atoms with Crippen LogP contribution in [0.2, 0.25) is 5.02 Å². The number of nitrogens with zero attached hydrogens (tertiary/aromatic N) is 1. The van der Waals surface area contributed by atoms with Crippen LogP contribution in [0.1, 0.15) is 18.1 Å². The molecule has 1 unspecified atom stereocenters. The highest BCUT2D eigenvalue weighted by atomic mass is 35.5. The van der Waals surface area contributed by atoms with Crippen molar-refractivity contribution in [3.8, 4) is 11.5 Å². The quantitative estimate of drug-likeness (QED) is 0.723. The lowest BCUT2D eigenvalue weighted by molar-refractivity contribution is 0.329. The third kappa shape index (κ3) is 6.31. The molecule has 1 N–H and O–H groups in total. The first-order valence-electron chi connectivity index (χ1n) is 8.43. The number of rotatable bonds is 8. The van der Waals surface area contributed by atoms with Crippen LogP contribution < -0.4 is 10.1 Å². The molecule has 1 atom stereocenters. The van der Waals surface area contributed by atoms with E-state index < -0.39 is 0 Å². The van der Waals surface area contributed by atoms with E-state index in [0.717, 1.165) is 30.0 Å². The van der Waals surface area contributed by atoms with Gasteiger partial charge in [-0.05, 0) is 75.4 Å². The van der Waals surface area contributed by atoms with Crippen LogP contribution in [0.3, 0.4) is 0 Å². The molecule has 0 aliphatic carbocycles. The van der Waals surface area contributed by atoms with Gasteiger partial charge in [0.2, 0.25) is 0 Å². The van der Waals surface area contributed by atoms with Gasteiger partial charge in [-0.3, -0.25) is 0 Å². The predicted molar refractivity (Wildman–Crippen MR) is 102 cm³/mol. The molecule has 136 valence electrons. The molecule has 25 heavy (non-hydrogen) atoms. The summed E-state index contributed by atoms with van der Waals surface area (Å²) in [5.41, 5.74) is 1.74. The van der Waals surface area contributed by atoms with Gasteiger partial charge in [-0.1, -0.05) is 18.5 Å². The van der Waals surface area contributed by atoms with Gasteiger partial charge in [0.15, 0.2) is 0 Å². The van der Waals surface area contributed by atoms with E-state index in [0.29, 0.717) is 23.2 Å². The summed E-state index contributed by atoms with van der Waals surface area (Å²) in [6.07, 6.45) is 0. The number of hydrogen-bond donors (Lipinski definition) is 1. The summed E-state index contributed by atoms with van der Waals surface area (Å²) in [6, 6.07) is 10.1. The zero-order chi connectivity index (χ0) is 18.4. The van der Waals surface area contributed by atoms with E-state index >= 15 is 0 Å². The molecule has 0 saturated carbocycles. The Morgan fingerprint density at radius 3 is 2.56 bits per heavy atom. The van der Waals surface area contributed by atoms with Gasteiger partial charge in [0.25, 0.3) is 0 Å². The average Bonchev–Trinajstić information content (AvgIpc) is 2.51. The molecule has 0 aromatic heterocycles. The molecule has 0 amide bonds. The van der Waals surface area contributed by atoms with E-state index in [1.807, 2.05) is 19.1 Å². The monoisotopic (exact) mass is 364 g/mol. The van der Waals surface area contributed by atoms with Crippen LogP contribution >= 0.6 is 11.6 Å². The first-order chi connectivity index (χ1) is 11.8. The Labute approximate surface area is 154 Å². The van der Waals surface area contributed by atoms with Crippen molar-refractivity contribution in [3.05, 3.63) is 58.4 Å².